The number of nitrogens with one attached hydrogen (secondary N) is 1. The zero-order valence-corrected chi connectivity index (χ0v) is 14.7. The number of amides is 2. The van der Waals surface area contributed by atoms with Crippen LogP contribution < -0.4 is 10.2 Å². The Morgan fingerprint density at radius 2 is 1.81 bits per heavy atom. The maximum absolute atomic E-state index is 13.2. The van der Waals surface area contributed by atoms with Gasteiger partial charge < -0.3 is 10.4 Å². The number of benzene rings is 1. The molecule has 0 saturated carbocycles. The van der Waals surface area contributed by atoms with Crippen LogP contribution in [0.25, 0.3) is 0 Å². The number of phenolic OH excluding ortho intramolecular Hbond substituents is 1. The van der Waals surface area contributed by atoms with Crippen molar-refractivity contribution in [2.24, 2.45) is 0 Å². The standard InChI is InChI=1S/C20H18N4O3/c1-14(25)23-19-12-15(9-11-22-19)20(27)24(13-16-6-4-5-10-21-16)17-7-2-3-8-18(17)26/h2-12,26H,13H2,1H3,(H,22,23,25). The van der Waals surface area contributed by atoms with Crippen molar-refractivity contribution in [3.8, 4) is 5.75 Å². The first-order valence-corrected chi connectivity index (χ1v) is 8.28. The molecule has 7 heteroatoms. The molecule has 0 aliphatic heterocycles. The Kier molecular flexibility index (Phi) is 5.41. The summed E-state index contributed by atoms with van der Waals surface area (Å²) in [7, 11) is 0. The van der Waals surface area contributed by atoms with E-state index in [9.17, 15) is 14.7 Å². The number of rotatable bonds is 5. The summed E-state index contributed by atoms with van der Waals surface area (Å²) >= 11 is 0. The molecule has 2 aromatic heterocycles. The number of para-hydroxylation sites is 2. The molecule has 2 N–H and O–H groups in total. The van der Waals surface area contributed by atoms with Crippen LogP contribution in [0.5, 0.6) is 5.75 Å². The van der Waals surface area contributed by atoms with Crippen LogP contribution in [-0.2, 0) is 11.3 Å². The number of carbonyl (C=O) groups is 2. The van der Waals surface area contributed by atoms with E-state index < -0.39 is 0 Å². The van der Waals surface area contributed by atoms with Gasteiger partial charge in [-0.25, -0.2) is 4.98 Å². The Morgan fingerprint density at radius 1 is 1.04 bits per heavy atom. The molecular formula is C20H18N4O3. The van der Waals surface area contributed by atoms with E-state index in [4.69, 9.17) is 0 Å². The first-order chi connectivity index (χ1) is 13.0. The van der Waals surface area contributed by atoms with Crippen molar-refractivity contribution < 1.29 is 14.7 Å². The summed E-state index contributed by atoms with van der Waals surface area (Å²) in [6.45, 7) is 1.54. The minimum atomic E-state index is -0.351. The van der Waals surface area contributed by atoms with E-state index in [0.29, 0.717) is 16.9 Å². The van der Waals surface area contributed by atoms with Gasteiger partial charge in [0.15, 0.2) is 0 Å². The molecule has 0 atom stereocenters. The number of hydrogen-bond donors (Lipinski definition) is 2. The highest BCUT2D eigenvalue weighted by molar-refractivity contribution is 6.07. The van der Waals surface area contributed by atoms with E-state index in [1.165, 1.54) is 30.2 Å². The lowest BCUT2D eigenvalue weighted by Crippen LogP contribution is -2.31. The fraction of sp³-hybridized carbons (Fsp3) is 0.100. The molecule has 1 aromatic carbocycles. The van der Waals surface area contributed by atoms with E-state index in [-0.39, 0.29) is 29.9 Å². The summed E-state index contributed by atoms with van der Waals surface area (Å²) in [5.41, 5.74) is 1.37. The summed E-state index contributed by atoms with van der Waals surface area (Å²) in [6, 6.07) is 15.1. The molecular weight excluding hydrogens is 344 g/mol. The van der Waals surface area contributed by atoms with Gasteiger partial charge in [0.25, 0.3) is 5.91 Å². The van der Waals surface area contributed by atoms with Gasteiger partial charge in [-0.1, -0.05) is 18.2 Å². The highest BCUT2D eigenvalue weighted by Gasteiger charge is 2.21. The molecule has 136 valence electrons. The molecule has 2 amide bonds. The van der Waals surface area contributed by atoms with Gasteiger partial charge in [-0.05, 0) is 36.4 Å². The lowest BCUT2D eigenvalue weighted by atomic mass is 10.1. The Balaban J connectivity index is 1.98. The van der Waals surface area contributed by atoms with E-state index >= 15 is 0 Å². The number of pyridine rings is 2. The second-order valence-electron chi connectivity index (χ2n) is 5.81. The zero-order chi connectivity index (χ0) is 19.2. The number of hydrogen-bond acceptors (Lipinski definition) is 5. The van der Waals surface area contributed by atoms with Crippen LogP contribution in [0.4, 0.5) is 11.5 Å². The fourth-order valence-electron chi connectivity index (χ4n) is 2.58. The lowest BCUT2D eigenvalue weighted by molar-refractivity contribution is -0.114. The number of carbonyl (C=O) groups excluding carboxylic acids is 2. The summed E-state index contributed by atoms with van der Waals surface area (Å²) in [5, 5.41) is 12.8. The van der Waals surface area contributed by atoms with Crippen molar-refractivity contribution in [1.29, 1.82) is 0 Å². The quantitative estimate of drug-likeness (QED) is 0.727. The van der Waals surface area contributed by atoms with E-state index in [1.54, 1.807) is 42.6 Å². The summed E-state index contributed by atoms with van der Waals surface area (Å²) in [4.78, 5) is 34.2. The van der Waals surface area contributed by atoms with Crippen LogP contribution in [0, 0.1) is 0 Å². The van der Waals surface area contributed by atoms with Gasteiger partial charge in [0.2, 0.25) is 5.91 Å². The molecule has 3 aromatic rings. The molecule has 0 aliphatic carbocycles. The SMILES string of the molecule is CC(=O)Nc1cc(C(=O)N(Cc2ccccn2)c2ccccc2O)ccn1. The maximum Gasteiger partial charge on any atom is 0.258 e. The van der Waals surface area contributed by atoms with E-state index in [0.717, 1.165) is 0 Å². The monoisotopic (exact) mass is 362 g/mol. The Hall–Kier alpha value is -3.74. The van der Waals surface area contributed by atoms with Gasteiger partial charge in [0, 0.05) is 24.9 Å². The van der Waals surface area contributed by atoms with Gasteiger partial charge in [-0.3, -0.25) is 19.5 Å². The van der Waals surface area contributed by atoms with Crippen LogP contribution in [0.2, 0.25) is 0 Å². The average Bonchev–Trinajstić information content (AvgIpc) is 2.67. The van der Waals surface area contributed by atoms with E-state index in [1.807, 2.05) is 6.07 Å². The number of aromatic nitrogens is 2. The van der Waals surface area contributed by atoms with Crippen LogP contribution >= 0.6 is 0 Å². The Bertz CT molecular complexity index is 960. The van der Waals surface area contributed by atoms with Gasteiger partial charge in [-0.2, -0.15) is 0 Å². The van der Waals surface area contributed by atoms with Crippen LogP contribution in [-0.4, -0.2) is 26.9 Å². The van der Waals surface area contributed by atoms with Crippen LogP contribution in [0.3, 0.4) is 0 Å². The summed E-state index contributed by atoms with van der Waals surface area (Å²) in [5.74, 6) is -0.365. The van der Waals surface area contributed by atoms with Crippen LogP contribution in [0.15, 0.2) is 67.0 Å². The minimum Gasteiger partial charge on any atom is -0.506 e. The third-order valence-electron chi connectivity index (χ3n) is 3.77. The molecule has 0 spiro atoms. The Morgan fingerprint density at radius 3 is 2.52 bits per heavy atom. The van der Waals surface area contributed by atoms with Crippen molar-refractivity contribution in [3.05, 3.63) is 78.2 Å². The summed E-state index contributed by atoms with van der Waals surface area (Å²) in [6.07, 6.45) is 3.09. The second kappa shape index (κ2) is 8.09. The predicted octanol–water partition coefficient (Wildman–Crippen LogP) is 2.99. The smallest absolute Gasteiger partial charge is 0.258 e. The highest BCUT2D eigenvalue weighted by atomic mass is 16.3. The van der Waals surface area contributed by atoms with Gasteiger partial charge in [0.1, 0.15) is 11.6 Å². The number of phenols is 1. The van der Waals surface area contributed by atoms with Crippen molar-refractivity contribution in [2.45, 2.75) is 13.5 Å². The highest BCUT2D eigenvalue weighted by Crippen LogP contribution is 2.29. The number of anilines is 2. The molecule has 27 heavy (non-hydrogen) atoms. The zero-order valence-electron chi connectivity index (χ0n) is 14.7. The molecule has 0 aliphatic rings. The molecule has 0 radical (unpaired) electrons. The minimum absolute atomic E-state index is 0.0158. The molecule has 0 fully saturated rings. The van der Waals surface area contributed by atoms with Crippen molar-refractivity contribution in [1.82, 2.24) is 9.97 Å². The largest absolute Gasteiger partial charge is 0.506 e. The van der Waals surface area contributed by atoms with Gasteiger partial charge in [0.05, 0.1) is 17.9 Å². The normalized spacial score (nSPS) is 10.3. The predicted molar refractivity (Wildman–Crippen MR) is 101 cm³/mol. The third-order valence-corrected chi connectivity index (χ3v) is 3.77. The topological polar surface area (TPSA) is 95.4 Å². The van der Waals surface area contributed by atoms with Gasteiger partial charge in [-0.15, -0.1) is 0 Å². The third kappa shape index (κ3) is 4.46. The lowest BCUT2D eigenvalue weighted by Gasteiger charge is -2.23. The van der Waals surface area contributed by atoms with Gasteiger partial charge >= 0.3 is 0 Å². The maximum atomic E-state index is 13.2. The number of aromatic hydroxyl groups is 1. The number of nitrogens with zero attached hydrogens (tertiary/aromatic N) is 3. The fourth-order valence-corrected chi connectivity index (χ4v) is 2.58. The molecule has 0 saturated heterocycles. The second-order valence-corrected chi connectivity index (χ2v) is 5.81. The van der Waals surface area contributed by atoms with Crippen molar-refractivity contribution in [2.75, 3.05) is 10.2 Å². The van der Waals surface area contributed by atoms with Crippen molar-refractivity contribution >= 4 is 23.3 Å². The molecule has 3 rings (SSSR count). The van der Waals surface area contributed by atoms with Crippen molar-refractivity contribution in [3.63, 3.8) is 0 Å². The first-order valence-electron chi connectivity index (χ1n) is 8.28. The first kappa shape index (κ1) is 18.1. The average molecular weight is 362 g/mol. The summed E-state index contributed by atoms with van der Waals surface area (Å²) < 4.78 is 0. The molecule has 7 nitrogen and oxygen atoms in total. The molecule has 0 bridgehead atoms. The molecule has 2 heterocycles. The molecule has 0 unspecified atom stereocenters. The van der Waals surface area contributed by atoms with E-state index in [2.05, 4.69) is 15.3 Å². The van der Waals surface area contributed by atoms with Crippen LogP contribution in [0.1, 0.15) is 23.0 Å². The Labute approximate surface area is 156 Å².